The summed E-state index contributed by atoms with van der Waals surface area (Å²) in [7, 11) is 0. The summed E-state index contributed by atoms with van der Waals surface area (Å²) in [4.78, 5) is 63.2. The molecule has 4 saturated heterocycles. The maximum Gasteiger partial charge on any atom is 0.327 e. The van der Waals surface area contributed by atoms with Crippen LogP contribution in [0.15, 0.2) is 91.0 Å². The number of nitrogens with one attached hydrogen (secondary N) is 2. The fourth-order valence-electron chi connectivity index (χ4n) is 10.1. The van der Waals surface area contributed by atoms with Gasteiger partial charge in [-0.3, -0.25) is 24.0 Å². The van der Waals surface area contributed by atoms with Crippen LogP contribution in [-0.4, -0.2) is 164 Å². The van der Waals surface area contributed by atoms with E-state index >= 15 is 4.79 Å². The quantitative estimate of drug-likeness (QED) is 0.0804. The summed E-state index contributed by atoms with van der Waals surface area (Å²) in [6, 6.07) is 21.6. The number of carbonyl (C=O) groups excluding carboxylic acids is 4. The maximum atomic E-state index is 15.3. The number of ether oxygens (including phenoxy) is 6. The molecule has 5 fully saturated rings. The van der Waals surface area contributed by atoms with Gasteiger partial charge in [-0.15, -0.1) is 0 Å². The second-order valence-electron chi connectivity index (χ2n) is 19.6. The van der Waals surface area contributed by atoms with Gasteiger partial charge >= 0.3 is 11.9 Å². The zero-order valence-corrected chi connectivity index (χ0v) is 39.8. The lowest BCUT2D eigenvalue weighted by molar-refractivity contribution is -0.298. The number of benzene rings is 3. The lowest BCUT2D eigenvalue weighted by Gasteiger charge is -2.49. The van der Waals surface area contributed by atoms with Gasteiger partial charge in [0.25, 0.3) is 0 Å². The van der Waals surface area contributed by atoms with E-state index in [0.29, 0.717) is 22.3 Å². The molecule has 71 heavy (non-hydrogen) atoms. The Hall–Kier alpha value is -5.20. The second-order valence-corrected chi connectivity index (χ2v) is 19.6. The molecular weight excluding hydrogens is 927 g/mol. The van der Waals surface area contributed by atoms with E-state index in [1.165, 1.54) is 12.0 Å². The summed E-state index contributed by atoms with van der Waals surface area (Å²) in [5.74, 6) is -4.53. The highest BCUT2D eigenvalue weighted by molar-refractivity contribution is 5.96. The Kier molecular flexibility index (Phi) is 15.8. The predicted octanol–water partition coefficient (Wildman–Crippen LogP) is 0.466. The molecule has 0 spiro atoms. The minimum atomic E-state index is -1.80. The fourth-order valence-corrected chi connectivity index (χ4v) is 10.1. The highest BCUT2D eigenvalue weighted by atomic mass is 16.8. The van der Waals surface area contributed by atoms with E-state index in [9.17, 15) is 45.0 Å². The van der Waals surface area contributed by atoms with Gasteiger partial charge < -0.3 is 69.7 Å². The van der Waals surface area contributed by atoms with Crippen LogP contribution in [0.1, 0.15) is 69.2 Å². The number of nitrogens with zero attached hydrogens (tertiary/aromatic N) is 1. The molecule has 2 amide bonds. The number of fused-ring (bicyclic) bond motifs is 4. The first-order valence-corrected chi connectivity index (χ1v) is 23.8. The molecular formula is C51H63N3O17. The first-order valence-electron chi connectivity index (χ1n) is 23.8. The molecule has 4 aliphatic heterocycles. The third-order valence-electron chi connectivity index (χ3n) is 13.4. The Morgan fingerprint density at radius 1 is 0.901 bits per heavy atom. The molecule has 14 atom stereocenters. The van der Waals surface area contributed by atoms with Crippen LogP contribution in [0.2, 0.25) is 0 Å². The number of carbonyl (C=O) groups is 4. The first kappa shape index (κ1) is 52.1. The number of amides is 2. The second kappa shape index (κ2) is 21.5. The number of esters is 2. The van der Waals surface area contributed by atoms with Crippen LogP contribution in [0.3, 0.4) is 0 Å². The largest absolute Gasteiger partial charge is 0.460 e. The molecule has 2 bridgehead atoms. The van der Waals surface area contributed by atoms with Gasteiger partial charge in [-0.2, -0.15) is 5.06 Å². The lowest BCUT2D eigenvalue weighted by atomic mass is 9.62. The Morgan fingerprint density at radius 2 is 1.58 bits per heavy atom. The molecule has 1 saturated carbocycles. The van der Waals surface area contributed by atoms with Crippen molar-refractivity contribution < 1.29 is 83.1 Å². The number of aliphatic hydroxyl groups excluding tert-OH is 6. The Bertz CT molecular complexity index is 2340. The molecule has 14 unspecified atom stereocenters. The average molecular weight is 990 g/mol. The Morgan fingerprint density at radius 3 is 2.21 bits per heavy atom. The summed E-state index contributed by atoms with van der Waals surface area (Å²) in [6.07, 6.45) is -9.80. The zero-order chi connectivity index (χ0) is 50.8. The van der Waals surface area contributed by atoms with Gasteiger partial charge in [-0.1, -0.05) is 97.1 Å². The predicted molar refractivity (Wildman–Crippen MR) is 247 cm³/mol. The molecule has 0 radical (unpaired) electrons. The average Bonchev–Trinajstić information content (AvgIpc) is 3.93. The minimum absolute atomic E-state index is 0.0000613. The molecule has 8 rings (SSSR count). The van der Waals surface area contributed by atoms with Crippen LogP contribution in [-0.2, 0) is 64.8 Å². The van der Waals surface area contributed by atoms with E-state index in [-0.39, 0.29) is 32.4 Å². The molecule has 20 heteroatoms. The van der Waals surface area contributed by atoms with E-state index in [0.717, 1.165) is 0 Å². The van der Waals surface area contributed by atoms with Crippen LogP contribution in [0.4, 0.5) is 0 Å². The van der Waals surface area contributed by atoms with Crippen LogP contribution < -0.4 is 10.6 Å². The monoisotopic (exact) mass is 989 g/mol. The number of aliphatic hydroxyl groups is 6. The van der Waals surface area contributed by atoms with Crippen LogP contribution >= 0.6 is 0 Å². The topological polar surface area (TPSA) is 282 Å². The molecule has 8 N–H and O–H groups in total. The summed E-state index contributed by atoms with van der Waals surface area (Å²) in [6.45, 7) is 5.15. The number of hydrogen-bond donors (Lipinski definition) is 8. The minimum Gasteiger partial charge on any atom is -0.460 e. The molecule has 4 heterocycles. The lowest BCUT2D eigenvalue weighted by Crippen LogP contribution is -2.71. The molecule has 1 aliphatic carbocycles. The third kappa shape index (κ3) is 10.7. The number of rotatable bonds is 18. The van der Waals surface area contributed by atoms with Gasteiger partial charge in [0.2, 0.25) is 17.6 Å². The van der Waals surface area contributed by atoms with E-state index < -0.39 is 133 Å². The Balaban J connectivity index is 1.08. The fraction of sp³-hybridized carbons (Fsp3) is 0.529. The number of hydrogen-bond acceptors (Lipinski definition) is 18. The van der Waals surface area contributed by atoms with E-state index in [1.54, 1.807) is 57.2 Å². The molecule has 20 nitrogen and oxygen atoms in total. The van der Waals surface area contributed by atoms with Crippen molar-refractivity contribution in [3.05, 3.63) is 113 Å². The summed E-state index contributed by atoms with van der Waals surface area (Å²) >= 11 is 0. The zero-order valence-electron chi connectivity index (χ0n) is 39.8. The van der Waals surface area contributed by atoms with Crippen molar-refractivity contribution in [2.45, 2.75) is 144 Å². The van der Waals surface area contributed by atoms with Crippen molar-refractivity contribution in [2.75, 3.05) is 19.8 Å². The molecule has 384 valence electrons. The third-order valence-corrected chi connectivity index (χ3v) is 13.4. The molecule has 3 aromatic rings. The number of hydroxylamine groups is 2. The summed E-state index contributed by atoms with van der Waals surface area (Å²) in [5, 5.41) is 68.2. The molecule has 0 aromatic heterocycles. The molecule has 5 aliphatic rings. The van der Waals surface area contributed by atoms with Crippen molar-refractivity contribution in [1.82, 2.24) is 15.7 Å². The normalized spacial score (nSPS) is 31.3. The molecule has 3 aromatic carbocycles. The van der Waals surface area contributed by atoms with E-state index in [2.05, 4.69) is 10.6 Å². The van der Waals surface area contributed by atoms with Crippen molar-refractivity contribution in [3.8, 4) is 0 Å². The van der Waals surface area contributed by atoms with Crippen molar-refractivity contribution in [2.24, 2.45) is 5.41 Å². The first-order chi connectivity index (χ1) is 33.9. The maximum absolute atomic E-state index is 15.3. The highest BCUT2D eigenvalue weighted by Crippen LogP contribution is 2.59. The SMILES string of the molecule is CC(O)C(NC(=O)C12CC3OC(=O)C1N(Cc1cccc(C=CCOC4OC(CO)C(O)C(O)C4O)c1)OC2C1OC(c2ccccc2)(c2ccccc2)OC31)C(=O)NC(CO)CCC(=O)OC(C)(C)C. The van der Waals surface area contributed by atoms with Gasteiger partial charge in [-0.05, 0) is 45.2 Å². The van der Waals surface area contributed by atoms with Crippen LogP contribution in [0, 0.1) is 5.41 Å². The van der Waals surface area contributed by atoms with Crippen molar-refractivity contribution in [3.63, 3.8) is 0 Å². The van der Waals surface area contributed by atoms with Gasteiger partial charge in [0, 0.05) is 24.0 Å². The smallest absolute Gasteiger partial charge is 0.327 e. The Labute approximate surface area is 410 Å². The standard InChI is InChI=1S/C51H63N3O17/c1-28(57)37(45(62)52-33(26-55)20-21-36(58)68-49(2,3)4)53-48(64)50-24-34-41-42(70-51(69-41,31-16-7-5-8-17-31)32-18-9-6-10-19-32)44(50)71-54(43(50)46(63)66-34)25-30-14-11-13-29(23-30)15-12-22-65-47-40(61)39(60)38(59)35(27-56)67-47/h5-19,23,28,33-35,37-44,47,55-57,59-61H,20-22,24-27H2,1-4H3,(H,52,62)(H,53,64). The van der Waals surface area contributed by atoms with E-state index in [1.807, 2.05) is 60.7 Å². The highest BCUT2D eigenvalue weighted by Gasteiger charge is 2.77. The van der Waals surface area contributed by atoms with Gasteiger partial charge in [-0.25, -0.2) is 0 Å². The summed E-state index contributed by atoms with van der Waals surface area (Å²) < 4.78 is 36.6. The summed E-state index contributed by atoms with van der Waals surface area (Å²) in [5.41, 5.74) is 0.0269. The van der Waals surface area contributed by atoms with E-state index in [4.69, 9.17) is 33.3 Å². The van der Waals surface area contributed by atoms with Crippen molar-refractivity contribution in [1.29, 1.82) is 0 Å². The van der Waals surface area contributed by atoms with Gasteiger partial charge in [0.15, 0.2) is 12.3 Å². The van der Waals surface area contributed by atoms with Crippen LogP contribution in [0.25, 0.3) is 6.08 Å². The van der Waals surface area contributed by atoms with Crippen molar-refractivity contribution >= 4 is 29.8 Å². The van der Waals surface area contributed by atoms with Crippen LogP contribution in [0.5, 0.6) is 0 Å². The van der Waals surface area contributed by atoms with Gasteiger partial charge in [0.1, 0.15) is 65.9 Å². The van der Waals surface area contributed by atoms with Gasteiger partial charge in [0.05, 0.1) is 38.5 Å².